The Bertz CT molecular complexity index is 256. The number of thioether (sulfide) groups is 1. The quantitative estimate of drug-likeness (QED) is 0.316. The standard InChI is InChI=1S/C21H43NS/c1-4-6-7-8-9-10-11-12-13-14-15-16-17-22-18-19-23-20(3)21(22)5-2/h20-21H,4-19H2,1-3H3. The topological polar surface area (TPSA) is 3.24 Å². The van der Waals surface area contributed by atoms with Gasteiger partial charge < -0.3 is 0 Å². The van der Waals surface area contributed by atoms with Crippen molar-refractivity contribution in [3.05, 3.63) is 0 Å². The second-order valence-electron chi connectivity index (χ2n) is 7.48. The van der Waals surface area contributed by atoms with Gasteiger partial charge in [0.1, 0.15) is 0 Å². The fourth-order valence-corrected chi connectivity index (χ4v) is 5.25. The van der Waals surface area contributed by atoms with Crippen molar-refractivity contribution < 1.29 is 0 Å². The molecule has 1 nitrogen and oxygen atoms in total. The molecule has 0 aromatic carbocycles. The number of rotatable bonds is 14. The van der Waals surface area contributed by atoms with E-state index in [9.17, 15) is 0 Å². The molecule has 0 aromatic rings. The lowest BCUT2D eigenvalue weighted by molar-refractivity contribution is 0.190. The minimum absolute atomic E-state index is 0.835. The Morgan fingerprint density at radius 1 is 0.783 bits per heavy atom. The Balaban J connectivity index is 1.87. The fourth-order valence-electron chi connectivity index (χ4n) is 3.95. The molecular weight excluding hydrogens is 298 g/mol. The molecule has 1 rings (SSSR count). The Morgan fingerprint density at radius 2 is 1.30 bits per heavy atom. The fraction of sp³-hybridized carbons (Fsp3) is 1.00. The van der Waals surface area contributed by atoms with Crippen LogP contribution in [0, 0.1) is 0 Å². The molecule has 0 aromatic heterocycles. The number of unbranched alkanes of at least 4 members (excludes halogenated alkanes) is 11. The van der Waals surface area contributed by atoms with Crippen molar-refractivity contribution in [3.8, 4) is 0 Å². The summed E-state index contributed by atoms with van der Waals surface area (Å²) >= 11 is 2.17. The van der Waals surface area contributed by atoms with Gasteiger partial charge >= 0.3 is 0 Å². The van der Waals surface area contributed by atoms with Gasteiger partial charge in [-0.25, -0.2) is 0 Å². The smallest absolute Gasteiger partial charge is 0.0209 e. The van der Waals surface area contributed by atoms with Gasteiger partial charge in [-0.15, -0.1) is 0 Å². The lowest BCUT2D eigenvalue weighted by Gasteiger charge is -2.39. The van der Waals surface area contributed by atoms with Crippen molar-refractivity contribution in [2.75, 3.05) is 18.8 Å². The van der Waals surface area contributed by atoms with Crippen LogP contribution in [0.4, 0.5) is 0 Å². The Hall–Kier alpha value is 0.310. The van der Waals surface area contributed by atoms with Crippen molar-refractivity contribution in [2.45, 2.75) is 116 Å². The normalized spacial score (nSPS) is 22.6. The van der Waals surface area contributed by atoms with E-state index >= 15 is 0 Å². The lowest BCUT2D eigenvalue weighted by atomic mass is 10.0. The van der Waals surface area contributed by atoms with Crippen LogP contribution in [0.2, 0.25) is 0 Å². The SMILES string of the molecule is CCCCCCCCCCCCCCN1CCSC(C)C1CC. The largest absolute Gasteiger partial charge is 0.298 e. The van der Waals surface area contributed by atoms with Gasteiger partial charge in [-0.2, -0.15) is 11.8 Å². The van der Waals surface area contributed by atoms with Crippen LogP contribution in [0.3, 0.4) is 0 Å². The van der Waals surface area contributed by atoms with Gasteiger partial charge in [-0.05, 0) is 19.4 Å². The van der Waals surface area contributed by atoms with Crippen LogP contribution >= 0.6 is 11.8 Å². The molecule has 1 aliphatic rings. The van der Waals surface area contributed by atoms with E-state index in [1.54, 1.807) is 0 Å². The summed E-state index contributed by atoms with van der Waals surface area (Å²) < 4.78 is 0. The minimum atomic E-state index is 0.835. The summed E-state index contributed by atoms with van der Waals surface area (Å²) in [6, 6.07) is 0.835. The second-order valence-corrected chi connectivity index (χ2v) is 8.96. The molecule has 2 atom stereocenters. The zero-order valence-electron chi connectivity index (χ0n) is 16.3. The predicted molar refractivity (Wildman–Crippen MR) is 109 cm³/mol. The number of hydrogen-bond acceptors (Lipinski definition) is 2. The third-order valence-electron chi connectivity index (χ3n) is 5.49. The van der Waals surface area contributed by atoms with Crippen LogP contribution < -0.4 is 0 Å². The molecular formula is C21H43NS. The maximum atomic E-state index is 2.78. The van der Waals surface area contributed by atoms with Crippen LogP contribution in [0.25, 0.3) is 0 Å². The molecule has 0 saturated carbocycles. The van der Waals surface area contributed by atoms with E-state index in [2.05, 4.69) is 37.4 Å². The Labute approximate surface area is 151 Å². The average molecular weight is 342 g/mol. The zero-order chi connectivity index (χ0) is 16.8. The molecule has 138 valence electrons. The molecule has 1 saturated heterocycles. The first kappa shape index (κ1) is 21.4. The third-order valence-corrected chi connectivity index (χ3v) is 6.75. The van der Waals surface area contributed by atoms with Gasteiger partial charge in [0.15, 0.2) is 0 Å². The van der Waals surface area contributed by atoms with Gasteiger partial charge in [-0.1, -0.05) is 91.4 Å². The molecule has 1 aliphatic heterocycles. The van der Waals surface area contributed by atoms with E-state index < -0.39 is 0 Å². The maximum Gasteiger partial charge on any atom is 0.0209 e. The average Bonchev–Trinajstić information content (AvgIpc) is 2.56. The van der Waals surface area contributed by atoms with E-state index in [0.717, 1.165) is 11.3 Å². The molecule has 0 spiro atoms. The summed E-state index contributed by atoms with van der Waals surface area (Å²) in [6.45, 7) is 9.76. The Morgan fingerprint density at radius 3 is 1.83 bits per heavy atom. The highest BCUT2D eigenvalue weighted by Gasteiger charge is 2.26. The zero-order valence-corrected chi connectivity index (χ0v) is 17.1. The molecule has 0 bridgehead atoms. The molecule has 0 radical (unpaired) electrons. The first-order valence-electron chi connectivity index (χ1n) is 10.6. The highest BCUT2D eigenvalue weighted by Crippen LogP contribution is 2.26. The van der Waals surface area contributed by atoms with Gasteiger partial charge in [0.05, 0.1) is 0 Å². The summed E-state index contributed by atoms with van der Waals surface area (Å²) in [5, 5.41) is 0.839. The van der Waals surface area contributed by atoms with Crippen LogP contribution in [0.1, 0.15) is 104 Å². The van der Waals surface area contributed by atoms with Gasteiger partial charge in [0.25, 0.3) is 0 Å². The summed E-state index contributed by atoms with van der Waals surface area (Å²) in [7, 11) is 0. The van der Waals surface area contributed by atoms with Gasteiger partial charge in [-0.3, -0.25) is 4.90 Å². The molecule has 0 N–H and O–H groups in total. The van der Waals surface area contributed by atoms with Crippen molar-refractivity contribution in [1.82, 2.24) is 4.90 Å². The number of hydrogen-bond donors (Lipinski definition) is 0. The minimum Gasteiger partial charge on any atom is -0.298 e. The van der Waals surface area contributed by atoms with E-state index in [1.165, 1.54) is 102 Å². The Kier molecular flexibility index (Phi) is 13.6. The molecule has 0 aliphatic carbocycles. The van der Waals surface area contributed by atoms with Crippen LogP contribution in [0.5, 0.6) is 0 Å². The molecule has 1 fully saturated rings. The van der Waals surface area contributed by atoms with Crippen molar-refractivity contribution in [1.29, 1.82) is 0 Å². The molecule has 2 heteroatoms. The van der Waals surface area contributed by atoms with Crippen LogP contribution in [0.15, 0.2) is 0 Å². The first-order chi connectivity index (χ1) is 11.3. The summed E-state index contributed by atoms with van der Waals surface area (Å²) in [4.78, 5) is 2.78. The monoisotopic (exact) mass is 341 g/mol. The maximum absolute atomic E-state index is 2.78. The summed E-state index contributed by atoms with van der Waals surface area (Å²) in [5.41, 5.74) is 0. The van der Waals surface area contributed by atoms with Crippen LogP contribution in [-0.2, 0) is 0 Å². The molecule has 2 unspecified atom stereocenters. The highest BCUT2D eigenvalue weighted by atomic mass is 32.2. The first-order valence-corrected chi connectivity index (χ1v) is 11.7. The van der Waals surface area contributed by atoms with Crippen molar-refractivity contribution in [2.24, 2.45) is 0 Å². The lowest BCUT2D eigenvalue weighted by Crippen LogP contribution is -2.46. The van der Waals surface area contributed by atoms with Gasteiger partial charge in [0, 0.05) is 23.6 Å². The van der Waals surface area contributed by atoms with Crippen LogP contribution in [-0.4, -0.2) is 35.0 Å². The predicted octanol–water partition coefficient (Wildman–Crippen LogP) is 6.90. The summed E-state index contributed by atoms with van der Waals surface area (Å²) in [5.74, 6) is 1.34. The van der Waals surface area contributed by atoms with E-state index in [4.69, 9.17) is 0 Å². The molecule has 0 amide bonds. The summed E-state index contributed by atoms with van der Waals surface area (Å²) in [6.07, 6.45) is 18.8. The second kappa shape index (κ2) is 14.6. The highest BCUT2D eigenvalue weighted by molar-refractivity contribution is 8.00. The van der Waals surface area contributed by atoms with E-state index in [0.29, 0.717) is 0 Å². The van der Waals surface area contributed by atoms with Crippen molar-refractivity contribution in [3.63, 3.8) is 0 Å². The van der Waals surface area contributed by atoms with Gasteiger partial charge in [0.2, 0.25) is 0 Å². The van der Waals surface area contributed by atoms with Crippen molar-refractivity contribution >= 4 is 11.8 Å². The molecule has 23 heavy (non-hydrogen) atoms. The van der Waals surface area contributed by atoms with E-state index in [-0.39, 0.29) is 0 Å². The van der Waals surface area contributed by atoms with E-state index in [1.807, 2.05) is 0 Å². The number of nitrogens with zero attached hydrogens (tertiary/aromatic N) is 1. The molecule has 1 heterocycles. The third kappa shape index (κ3) is 10.0.